The van der Waals surface area contributed by atoms with Crippen LogP contribution in [0, 0.1) is 15.9 Å². The van der Waals surface area contributed by atoms with Gasteiger partial charge in [0.25, 0.3) is 0 Å². The number of hydrogen-bond acceptors (Lipinski definition) is 5. The second-order valence-electron chi connectivity index (χ2n) is 3.90. The molecule has 2 N–H and O–H groups in total. The molecule has 0 aliphatic carbocycles. The number of carboxylic acids is 1. The lowest BCUT2D eigenvalue weighted by molar-refractivity contribution is -0.386. The van der Waals surface area contributed by atoms with Crippen LogP contribution < -0.4 is 10.1 Å². The molecule has 0 radical (unpaired) electrons. The zero-order valence-corrected chi connectivity index (χ0v) is 12.2. The van der Waals surface area contributed by atoms with Gasteiger partial charge in [0.15, 0.2) is 6.04 Å². The van der Waals surface area contributed by atoms with E-state index in [0.717, 1.165) is 13.0 Å². The zero-order chi connectivity index (χ0) is 16.2. The molecule has 1 aromatic carbocycles. The van der Waals surface area contributed by atoms with Crippen molar-refractivity contribution in [2.45, 2.75) is 13.0 Å². The van der Waals surface area contributed by atoms with Crippen LogP contribution in [-0.2, 0) is 9.59 Å². The Morgan fingerprint density at radius 1 is 1.57 bits per heavy atom. The molecule has 0 fully saturated rings. The van der Waals surface area contributed by atoms with Crippen LogP contribution in [0.15, 0.2) is 16.6 Å². The van der Waals surface area contributed by atoms with E-state index in [9.17, 15) is 24.1 Å². The summed E-state index contributed by atoms with van der Waals surface area (Å²) in [6.07, 6.45) is 0. The third-order valence-corrected chi connectivity index (χ3v) is 2.84. The zero-order valence-electron chi connectivity index (χ0n) is 10.6. The van der Waals surface area contributed by atoms with Crippen molar-refractivity contribution in [3.8, 4) is 5.75 Å². The summed E-state index contributed by atoms with van der Waals surface area (Å²) in [7, 11) is 0. The van der Waals surface area contributed by atoms with Gasteiger partial charge in [-0.3, -0.25) is 14.9 Å². The first-order chi connectivity index (χ1) is 9.72. The monoisotopic (exact) mass is 364 g/mol. The molecule has 0 aliphatic heterocycles. The van der Waals surface area contributed by atoms with E-state index < -0.39 is 41.0 Å². The lowest BCUT2D eigenvalue weighted by atomic mass is 10.2. The van der Waals surface area contributed by atoms with Gasteiger partial charge in [0.05, 0.1) is 15.5 Å². The van der Waals surface area contributed by atoms with Crippen LogP contribution in [-0.4, -0.2) is 34.6 Å². The summed E-state index contributed by atoms with van der Waals surface area (Å²) in [6.45, 7) is 0.562. The normalized spacial score (nSPS) is 11.6. The van der Waals surface area contributed by atoms with Gasteiger partial charge in [-0.1, -0.05) is 0 Å². The van der Waals surface area contributed by atoms with Crippen LogP contribution in [0.4, 0.5) is 10.1 Å². The van der Waals surface area contributed by atoms with Gasteiger partial charge in [0.1, 0.15) is 12.4 Å². The Hall–Kier alpha value is -2.23. The Balaban J connectivity index is 2.99. The number of benzene rings is 1. The number of ether oxygens (including phenoxy) is 1. The van der Waals surface area contributed by atoms with Crippen molar-refractivity contribution in [1.29, 1.82) is 0 Å². The summed E-state index contributed by atoms with van der Waals surface area (Å²) in [6, 6.07) is 0.198. The molecule has 0 heterocycles. The van der Waals surface area contributed by atoms with Crippen molar-refractivity contribution in [3.05, 3.63) is 32.5 Å². The maximum absolute atomic E-state index is 13.1. The minimum Gasteiger partial charge on any atom is -0.483 e. The number of rotatable bonds is 6. The highest BCUT2D eigenvalue weighted by Gasteiger charge is 2.24. The second-order valence-corrected chi connectivity index (χ2v) is 4.75. The fourth-order valence-electron chi connectivity index (χ4n) is 1.41. The maximum Gasteiger partial charge on any atom is 0.329 e. The number of halogens is 2. The molecule has 0 aliphatic rings. The molecule has 114 valence electrons. The minimum atomic E-state index is -1.39. The minimum absolute atomic E-state index is 0.0406. The molecule has 0 saturated carbocycles. The fourth-order valence-corrected chi connectivity index (χ4v) is 1.95. The molecule has 1 rings (SSSR count). The first-order valence-corrected chi connectivity index (χ1v) is 6.27. The molecule has 0 bridgehead atoms. The Bertz CT molecular complexity index is 594. The Morgan fingerprint density at radius 3 is 2.67 bits per heavy atom. The average Bonchev–Trinajstić information content (AvgIpc) is 2.34. The fraction of sp³-hybridized carbons (Fsp3) is 0.273. The van der Waals surface area contributed by atoms with E-state index in [4.69, 9.17) is 9.84 Å². The number of nitro benzene ring substituents is 1. The summed E-state index contributed by atoms with van der Waals surface area (Å²) in [4.78, 5) is 31.7. The van der Waals surface area contributed by atoms with E-state index in [1.807, 2.05) is 0 Å². The third kappa shape index (κ3) is 4.67. The van der Waals surface area contributed by atoms with Gasteiger partial charge in [-0.2, -0.15) is 0 Å². The van der Waals surface area contributed by atoms with Crippen molar-refractivity contribution < 1.29 is 28.7 Å². The lowest BCUT2D eigenvalue weighted by Crippen LogP contribution is -2.43. The molecule has 21 heavy (non-hydrogen) atoms. The molecule has 1 amide bonds. The van der Waals surface area contributed by atoms with E-state index in [2.05, 4.69) is 21.2 Å². The SMILES string of the molecule is CC(=O)NC(COc1c(Br)cc(F)cc1[N+](=O)[O-])C(=O)O. The van der Waals surface area contributed by atoms with Crippen LogP contribution in [0.5, 0.6) is 5.75 Å². The van der Waals surface area contributed by atoms with Gasteiger partial charge in [-0.05, 0) is 22.0 Å². The topological polar surface area (TPSA) is 119 Å². The summed E-state index contributed by atoms with van der Waals surface area (Å²) in [5.41, 5.74) is -0.658. The number of carbonyl (C=O) groups excluding carboxylic acids is 1. The first kappa shape index (κ1) is 16.8. The second kappa shape index (κ2) is 6.97. The maximum atomic E-state index is 13.1. The highest BCUT2D eigenvalue weighted by atomic mass is 79.9. The Morgan fingerprint density at radius 2 is 2.19 bits per heavy atom. The summed E-state index contributed by atoms with van der Waals surface area (Å²) >= 11 is 2.90. The molecule has 10 heteroatoms. The van der Waals surface area contributed by atoms with Crippen molar-refractivity contribution in [1.82, 2.24) is 5.32 Å². The number of nitrogens with zero attached hydrogens (tertiary/aromatic N) is 1. The van der Waals surface area contributed by atoms with Crippen LogP contribution in [0.3, 0.4) is 0 Å². The number of hydrogen-bond donors (Lipinski definition) is 2. The Labute approximate surface area is 126 Å². The molecular formula is C11H10BrFN2O6. The van der Waals surface area contributed by atoms with E-state index in [0.29, 0.717) is 6.07 Å². The van der Waals surface area contributed by atoms with Crippen molar-refractivity contribution in [2.24, 2.45) is 0 Å². The van der Waals surface area contributed by atoms with Crippen molar-refractivity contribution in [3.63, 3.8) is 0 Å². The number of amides is 1. The predicted octanol–water partition coefficient (Wildman–Crippen LogP) is 1.46. The van der Waals surface area contributed by atoms with Gasteiger partial charge in [-0.25, -0.2) is 9.18 Å². The molecule has 1 unspecified atom stereocenters. The standard InChI is InChI=1S/C11H10BrFN2O6/c1-5(16)14-8(11(17)18)4-21-10-7(12)2-6(13)3-9(10)15(19)20/h2-3,8H,4H2,1H3,(H,14,16)(H,17,18). The van der Waals surface area contributed by atoms with Crippen LogP contribution in [0.1, 0.15) is 6.92 Å². The largest absolute Gasteiger partial charge is 0.483 e. The van der Waals surface area contributed by atoms with Gasteiger partial charge >= 0.3 is 11.7 Å². The molecule has 0 saturated heterocycles. The van der Waals surface area contributed by atoms with Gasteiger partial charge in [0.2, 0.25) is 11.7 Å². The number of carboxylic acid groups (broad SMARTS) is 1. The molecule has 8 nitrogen and oxygen atoms in total. The highest BCUT2D eigenvalue weighted by Crippen LogP contribution is 2.36. The summed E-state index contributed by atoms with van der Waals surface area (Å²) in [5.74, 6) is -3.14. The molecule has 1 atom stereocenters. The van der Waals surface area contributed by atoms with Crippen LogP contribution in [0.2, 0.25) is 0 Å². The lowest BCUT2D eigenvalue weighted by Gasteiger charge is -2.15. The van der Waals surface area contributed by atoms with Gasteiger partial charge in [-0.15, -0.1) is 0 Å². The van der Waals surface area contributed by atoms with Gasteiger partial charge in [0, 0.05) is 6.92 Å². The number of nitro groups is 1. The van der Waals surface area contributed by atoms with Crippen LogP contribution in [0.25, 0.3) is 0 Å². The highest BCUT2D eigenvalue weighted by molar-refractivity contribution is 9.10. The van der Waals surface area contributed by atoms with Crippen molar-refractivity contribution >= 4 is 33.5 Å². The van der Waals surface area contributed by atoms with Crippen molar-refractivity contribution in [2.75, 3.05) is 6.61 Å². The average molecular weight is 365 g/mol. The molecule has 0 spiro atoms. The molecule has 0 aromatic heterocycles. The Kier molecular flexibility index (Phi) is 5.59. The number of aliphatic carboxylic acids is 1. The molecule has 1 aromatic rings. The number of carbonyl (C=O) groups is 2. The predicted molar refractivity (Wildman–Crippen MR) is 71.5 cm³/mol. The van der Waals surface area contributed by atoms with E-state index in [-0.39, 0.29) is 10.2 Å². The van der Waals surface area contributed by atoms with E-state index in [1.165, 1.54) is 0 Å². The van der Waals surface area contributed by atoms with E-state index in [1.54, 1.807) is 0 Å². The quantitative estimate of drug-likeness (QED) is 0.582. The van der Waals surface area contributed by atoms with Crippen LogP contribution >= 0.6 is 15.9 Å². The first-order valence-electron chi connectivity index (χ1n) is 5.48. The summed E-state index contributed by atoms with van der Waals surface area (Å²) in [5, 5.41) is 21.8. The molecular weight excluding hydrogens is 355 g/mol. The third-order valence-electron chi connectivity index (χ3n) is 2.26. The number of nitrogens with one attached hydrogen (secondary N) is 1. The van der Waals surface area contributed by atoms with E-state index >= 15 is 0 Å². The summed E-state index contributed by atoms with van der Waals surface area (Å²) < 4.78 is 18.1. The van der Waals surface area contributed by atoms with Gasteiger partial charge < -0.3 is 15.2 Å². The smallest absolute Gasteiger partial charge is 0.329 e.